The van der Waals surface area contributed by atoms with E-state index in [1.165, 1.54) is 28.3 Å². The van der Waals surface area contributed by atoms with Gasteiger partial charge >= 0.3 is 4.87 Å². The molecule has 3 aliphatic heterocycles. The van der Waals surface area contributed by atoms with Gasteiger partial charge in [0.15, 0.2) is 11.5 Å². The number of hydrogen-bond acceptors (Lipinski definition) is 8. The fraction of sp³-hybridized carbons (Fsp3) is 0.379. The quantitative estimate of drug-likeness (QED) is 0.411. The highest BCUT2D eigenvalue weighted by Gasteiger charge is 2.57. The second kappa shape index (κ2) is 10.8. The number of ether oxygens (including phenoxy) is 2. The van der Waals surface area contributed by atoms with Crippen molar-refractivity contribution in [2.45, 2.75) is 42.0 Å². The Labute approximate surface area is 239 Å². The van der Waals surface area contributed by atoms with E-state index in [2.05, 4.69) is 0 Å². The molecule has 9 nitrogen and oxygen atoms in total. The molecule has 1 aromatic heterocycles. The number of aromatic nitrogens is 1. The number of likely N-dealkylation sites (tertiary alicyclic amines) is 1. The molecule has 2 aromatic carbocycles. The summed E-state index contributed by atoms with van der Waals surface area (Å²) in [6.07, 6.45) is 3.00. The highest BCUT2D eigenvalue weighted by Crippen LogP contribution is 2.54. The average Bonchev–Trinajstić information content (AvgIpc) is 3.43. The monoisotopic (exact) mass is 579 g/mol. The number of benzene rings is 2. The molecule has 4 heterocycles. The van der Waals surface area contributed by atoms with Crippen LogP contribution < -0.4 is 19.2 Å². The van der Waals surface area contributed by atoms with Crippen molar-refractivity contribution in [3.05, 3.63) is 68.6 Å². The number of amides is 3. The maximum absolute atomic E-state index is 14.0. The van der Waals surface area contributed by atoms with Crippen LogP contribution in [0.5, 0.6) is 11.5 Å². The molecule has 3 aromatic rings. The van der Waals surface area contributed by atoms with Gasteiger partial charge in [-0.15, -0.1) is 0 Å². The Morgan fingerprint density at radius 1 is 0.925 bits per heavy atom. The molecule has 11 heteroatoms. The van der Waals surface area contributed by atoms with Crippen molar-refractivity contribution in [3.8, 4) is 11.5 Å². The molecule has 2 fully saturated rings. The van der Waals surface area contributed by atoms with Crippen LogP contribution in [-0.2, 0) is 20.9 Å². The summed E-state index contributed by atoms with van der Waals surface area (Å²) >= 11 is 2.27. The molecule has 2 unspecified atom stereocenters. The Bertz CT molecular complexity index is 1530. The predicted molar refractivity (Wildman–Crippen MR) is 152 cm³/mol. The number of thioether (sulfide) groups is 1. The summed E-state index contributed by atoms with van der Waals surface area (Å²) in [5.41, 5.74) is 1.25. The number of methoxy groups -OCH3 is 2. The number of thiazole rings is 1. The smallest absolute Gasteiger partial charge is 0.308 e. The largest absolute Gasteiger partial charge is 0.493 e. The SMILES string of the molecule is COc1ccc([C@H]2c3sc(=O)n(CC(=O)N4CCCCC4)c3SC3C(=O)N(c4ccccc4)C(=O)C32)cc1OC. The topological polar surface area (TPSA) is 98.1 Å². The highest BCUT2D eigenvalue weighted by atomic mass is 32.2. The van der Waals surface area contributed by atoms with Gasteiger partial charge in [-0.2, -0.15) is 0 Å². The van der Waals surface area contributed by atoms with Gasteiger partial charge in [-0.25, -0.2) is 4.90 Å². The number of piperidine rings is 1. The van der Waals surface area contributed by atoms with Gasteiger partial charge in [-0.1, -0.05) is 47.4 Å². The molecule has 0 aliphatic carbocycles. The van der Waals surface area contributed by atoms with Crippen LogP contribution in [0.4, 0.5) is 5.69 Å². The van der Waals surface area contributed by atoms with Gasteiger partial charge in [-0.3, -0.25) is 23.7 Å². The Hall–Kier alpha value is -3.57. The van der Waals surface area contributed by atoms with Crippen molar-refractivity contribution in [2.75, 3.05) is 32.2 Å². The molecule has 40 heavy (non-hydrogen) atoms. The minimum Gasteiger partial charge on any atom is -0.493 e. The van der Waals surface area contributed by atoms with Crippen LogP contribution in [0.25, 0.3) is 0 Å². The van der Waals surface area contributed by atoms with Crippen LogP contribution in [-0.4, -0.2) is 59.7 Å². The summed E-state index contributed by atoms with van der Waals surface area (Å²) in [4.78, 5) is 57.9. The first-order chi connectivity index (χ1) is 19.4. The van der Waals surface area contributed by atoms with Crippen molar-refractivity contribution >= 4 is 46.5 Å². The molecule has 3 amide bonds. The number of hydrogen-bond donors (Lipinski definition) is 0. The molecular weight excluding hydrogens is 550 g/mol. The molecule has 0 N–H and O–H groups in total. The Balaban J connectivity index is 1.46. The van der Waals surface area contributed by atoms with E-state index in [1.54, 1.807) is 43.5 Å². The van der Waals surface area contributed by atoms with Crippen molar-refractivity contribution in [2.24, 2.45) is 5.92 Å². The van der Waals surface area contributed by atoms with Gasteiger partial charge in [0.05, 0.1) is 30.9 Å². The molecule has 208 valence electrons. The summed E-state index contributed by atoms with van der Waals surface area (Å²) in [6, 6.07) is 14.3. The third kappa shape index (κ3) is 4.41. The van der Waals surface area contributed by atoms with Gasteiger partial charge < -0.3 is 14.4 Å². The van der Waals surface area contributed by atoms with Gasteiger partial charge in [0.1, 0.15) is 11.8 Å². The first-order valence-corrected chi connectivity index (χ1v) is 14.9. The van der Waals surface area contributed by atoms with E-state index in [0.29, 0.717) is 40.2 Å². The summed E-state index contributed by atoms with van der Waals surface area (Å²) < 4.78 is 12.5. The standard InChI is InChI=1S/C29H29N3O6S2/c1-37-19-12-11-17(15-20(19)38-2)22-23-24(27(35)32(26(23)34)18-9-5-3-6-10-18)39-28-25(22)40-29(36)31(28)16-21(33)30-13-7-4-8-14-30/h3,5-6,9-12,15,22-24H,4,7-8,13-14,16H2,1-2H3/t22-,23?,24?/m1/s1. The van der Waals surface area contributed by atoms with Crippen molar-refractivity contribution in [1.29, 1.82) is 0 Å². The molecule has 6 rings (SSSR count). The van der Waals surface area contributed by atoms with Gasteiger partial charge in [0, 0.05) is 23.9 Å². The fourth-order valence-electron chi connectivity index (χ4n) is 5.87. The molecular formula is C29H29N3O6S2. The Morgan fingerprint density at radius 3 is 2.35 bits per heavy atom. The van der Waals surface area contributed by atoms with Crippen LogP contribution in [0, 0.1) is 5.92 Å². The zero-order valence-corrected chi connectivity index (χ0v) is 23.8. The minimum atomic E-state index is -0.747. The summed E-state index contributed by atoms with van der Waals surface area (Å²) in [5, 5.41) is -0.166. The molecule has 0 saturated carbocycles. The van der Waals surface area contributed by atoms with E-state index in [-0.39, 0.29) is 29.1 Å². The number of carbonyl (C=O) groups excluding carboxylic acids is 3. The zero-order chi connectivity index (χ0) is 28.0. The van der Waals surface area contributed by atoms with E-state index in [0.717, 1.165) is 36.2 Å². The van der Waals surface area contributed by atoms with E-state index in [9.17, 15) is 19.2 Å². The normalized spacial score (nSPS) is 22.2. The molecule has 0 bridgehead atoms. The van der Waals surface area contributed by atoms with Crippen LogP contribution >= 0.6 is 23.1 Å². The Morgan fingerprint density at radius 2 is 1.65 bits per heavy atom. The molecule has 3 atom stereocenters. The maximum Gasteiger partial charge on any atom is 0.308 e. The van der Waals surface area contributed by atoms with Crippen LogP contribution in [0.3, 0.4) is 0 Å². The summed E-state index contributed by atoms with van der Waals surface area (Å²) in [7, 11) is 3.08. The van der Waals surface area contributed by atoms with Crippen molar-refractivity contribution in [1.82, 2.24) is 9.47 Å². The summed E-state index contributed by atoms with van der Waals surface area (Å²) in [6.45, 7) is 1.29. The average molecular weight is 580 g/mol. The van der Waals surface area contributed by atoms with Gasteiger partial charge in [0.2, 0.25) is 17.7 Å². The molecule has 0 spiro atoms. The predicted octanol–water partition coefficient (Wildman–Crippen LogP) is 3.74. The third-order valence-corrected chi connectivity index (χ3v) is 10.4. The number of anilines is 1. The van der Waals surface area contributed by atoms with Crippen LogP contribution in [0.1, 0.15) is 35.6 Å². The lowest BCUT2D eigenvalue weighted by atomic mass is 9.83. The maximum atomic E-state index is 14.0. The lowest BCUT2D eigenvalue weighted by Crippen LogP contribution is -2.39. The molecule has 0 radical (unpaired) electrons. The highest BCUT2D eigenvalue weighted by molar-refractivity contribution is 8.00. The van der Waals surface area contributed by atoms with Crippen LogP contribution in [0.15, 0.2) is 58.4 Å². The number of imide groups is 1. The lowest BCUT2D eigenvalue weighted by Gasteiger charge is -2.31. The van der Waals surface area contributed by atoms with E-state index in [1.807, 2.05) is 17.0 Å². The number of fused-ring (bicyclic) bond motifs is 2. The first kappa shape index (κ1) is 26.6. The first-order valence-electron chi connectivity index (χ1n) is 13.3. The van der Waals surface area contributed by atoms with Gasteiger partial charge in [-0.05, 0) is 49.1 Å². The summed E-state index contributed by atoms with van der Waals surface area (Å²) in [5.74, 6) is -1.02. The number of carbonyl (C=O) groups is 3. The minimum absolute atomic E-state index is 0.0851. The Kier molecular flexibility index (Phi) is 7.18. The lowest BCUT2D eigenvalue weighted by molar-refractivity contribution is -0.133. The molecule has 2 saturated heterocycles. The van der Waals surface area contributed by atoms with Crippen LogP contribution in [0.2, 0.25) is 0 Å². The molecule has 3 aliphatic rings. The fourth-order valence-corrected chi connectivity index (χ4v) is 8.64. The van der Waals surface area contributed by atoms with Crippen molar-refractivity contribution in [3.63, 3.8) is 0 Å². The third-order valence-electron chi connectivity index (χ3n) is 7.83. The van der Waals surface area contributed by atoms with E-state index < -0.39 is 17.1 Å². The second-order valence-electron chi connectivity index (χ2n) is 10.1. The number of rotatable bonds is 6. The van der Waals surface area contributed by atoms with Crippen molar-refractivity contribution < 1.29 is 23.9 Å². The van der Waals surface area contributed by atoms with E-state index >= 15 is 0 Å². The number of nitrogens with zero attached hydrogens (tertiary/aromatic N) is 3. The van der Waals surface area contributed by atoms with Gasteiger partial charge in [0.25, 0.3) is 0 Å². The second-order valence-corrected chi connectivity index (χ2v) is 12.2. The zero-order valence-electron chi connectivity index (χ0n) is 22.2. The number of para-hydroxylation sites is 1. The van der Waals surface area contributed by atoms with E-state index in [4.69, 9.17) is 9.47 Å².